The summed E-state index contributed by atoms with van der Waals surface area (Å²) in [7, 11) is 0. The number of nitrogens with one attached hydrogen (secondary N) is 1. The molecule has 3 aromatic rings. The van der Waals surface area contributed by atoms with Gasteiger partial charge in [-0.1, -0.05) is 11.6 Å². The second-order valence-corrected chi connectivity index (χ2v) is 6.22. The molecule has 1 aromatic carbocycles. The Bertz CT molecular complexity index is 845. The van der Waals surface area contributed by atoms with E-state index in [-0.39, 0.29) is 0 Å². The molecule has 1 saturated heterocycles. The lowest BCUT2D eigenvalue weighted by Gasteiger charge is -2.27. The zero-order valence-electron chi connectivity index (χ0n) is 13.1. The van der Waals surface area contributed by atoms with Crippen LogP contribution in [0.25, 0.3) is 11.2 Å². The Morgan fingerprint density at radius 3 is 2.46 bits per heavy atom. The van der Waals surface area contributed by atoms with Crippen molar-refractivity contribution in [2.24, 2.45) is 0 Å². The Morgan fingerprint density at radius 1 is 0.917 bits per heavy atom. The molecule has 1 aliphatic heterocycles. The van der Waals surface area contributed by atoms with Gasteiger partial charge in [-0.2, -0.15) is 9.97 Å². The summed E-state index contributed by atoms with van der Waals surface area (Å²) in [6.45, 7) is 1.96. The van der Waals surface area contributed by atoms with Crippen LogP contribution in [0, 0.1) is 0 Å². The predicted octanol–water partition coefficient (Wildman–Crippen LogP) is 3.81. The third-order valence-corrected chi connectivity index (χ3v) is 4.32. The minimum atomic E-state index is 0.601. The van der Waals surface area contributed by atoms with Gasteiger partial charge in [-0.3, -0.25) is 0 Å². The van der Waals surface area contributed by atoms with Gasteiger partial charge < -0.3 is 10.2 Å². The molecule has 0 radical (unpaired) electrons. The molecule has 3 heterocycles. The largest absolute Gasteiger partial charge is 0.341 e. The van der Waals surface area contributed by atoms with Gasteiger partial charge >= 0.3 is 0 Å². The van der Waals surface area contributed by atoms with E-state index in [4.69, 9.17) is 16.6 Å². The number of halogens is 1. The van der Waals surface area contributed by atoms with Crippen LogP contribution >= 0.6 is 11.6 Å². The lowest BCUT2D eigenvalue weighted by atomic mass is 10.1. The van der Waals surface area contributed by atoms with Gasteiger partial charge in [0.2, 0.25) is 5.95 Å². The molecule has 1 fully saturated rings. The van der Waals surface area contributed by atoms with E-state index in [1.54, 1.807) is 12.4 Å². The fourth-order valence-corrected chi connectivity index (χ4v) is 2.97. The summed E-state index contributed by atoms with van der Waals surface area (Å²) < 4.78 is 0. The number of hydrogen-bond donors (Lipinski definition) is 1. The van der Waals surface area contributed by atoms with Gasteiger partial charge in [-0.05, 0) is 43.5 Å². The van der Waals surface area contributed by atoms with Gasteiger partial charge in [-0.15, -0.1) is 0 Å². The van der Waals surface area contributed by atoms with Gasteiger partial charge in [0.1, 0.15) is 0 Å². The quantitative estimate of drug-likeness (QED) is 0.782. The molecule has 1 N–H and O–H groups in total. The Hall–Kier alpha value is -2.47. The smallest absolute Gasteiger partial charge is 0.229 e. The van der Waals surface area contributed by atoms with Crippen molar-refractivity contribution in [3.8, 4) is 0 Å². The predicted molar refractivity (Wildman–Crippen MR) is 95.9 cm³/mol. The maximum atomic E-state index is 5.95. The molecule has 24 heavy (non-hydrogen) atoms. The van der Waals surface area contributed by atoms with Crippen LogP contribution in [0.15, 0.2) is 36.7 Å². The van der Waals surface area contributed by atoms with Crippen molar-refractivity contribution in [2.45, 2.75) is 19.3 Å². The summed E-state index contributed by atoms with van der Waals surface area (Å²) in [5.41, 5.74) is 2.16. The monoisotopic (exact) mass is 340 g/mol. The SMILES string of the molecule is Clc1ccc(Nc2nc(N3CCCCC3)nc3nccnc23)cc1. The first kappa shape index (κ1) is 15.1. The molecule has 0 saturated carbocycles. The number of piperidine rings is 1. The highest BCUT2D eigenvalue weighted by Gasteiger charge is 2.17. The summed E-state index contributed by atoms with van der Waals surface area (Å²) in [6, 6.07) is 7.50. The number of nitrogens with zero attached hydrogens (tertiary/aromatic N) is 5. The molecule has 0 atom stereocenters. The van der Waals surface area contributed by atoms with Crippen LogP contribution in [0.1, 0.15) is 19.3 Å². The highest BCUT2D eigenvalue weighted by Crippen LogP contribution is 2.25. The van der Waals surface area contributed by atoms with E-state index in [1.807, 2.05) is 24.3 Å². The van der Waals surface area contributed by atoms with Crippen LogP contribution in [0.2, 0.25) is 5.02 Å². The van der Waals surface area contributed by atoms with Crippen molar-refractivity contribution in [3.63, 3.8) is 0 Å². The molecule has 0 aliphatic carbocycles. The van der Waals surface area contributed by atoms with Gasteiger partial charge in [0.05, 0.1) is 0 Å². The first-order valence-electron chi connectivity index (χ1n) is 8.06. The highest BCUT2D eigenvalue weighted by molar-refractivity contribution is 6.30. The molecule has 4 rings (SSSR count). The molecule has 1 aliphatic rings. The van der Waals surface area contributed by atoms with E-state index in [0.29, 0.717) is 28.0 Å². The van der Waals surface area contributed by atoms with Crippen LogP contribution < -0.4 is 10.2 Å². The normalized spacial score (nSPS) is 14.8. The Labute approximate surface area is 144 Å². The molecular formula is C17H17ClN6. The first-order valence-corrected chi connectivity index (χ1v) is 8.44. The molecule has 0 bridgehead atoms. The van der Waals surface area contributed by atoms with Crippen molar-refractivity contribution in [1.29, 1.82) is 0 Å². The summed E-state index contributed by atoms with van der Waals surface area (Å²) in [5.74, 6) is 1.37. The molecule has 122 valence electrons. The Kier molecular flexibility index (Phi) is 4.13. The third kappa shape index (κ3) is 3.10. The second kappa shape index (κ2) is 6.57. The summed E-state index contributed by atoms with van der Waals surface area (Å²) in [6.07, 6.45) is 6.91. The minimum absolute atomic E-state index is 0.601. The van der Waals surface area contributed by atoms with Crippen LogP contribution in [0.3, 0.4) is 0 Å². The van der Waals surface area contributed by atoms with Crippen LogP contribution in [-0.2, 0) is 0 Å². The number of anilines is 3. The summed E-state index contributed by atoms with van der Waals surface area (Å²) in [4.78, 5) is 20.3. The van der Waals surface area contributed by atoms with E-state index >= 15 is 0 Å². The minimum Gasteiger partial charge on any atom is -0.341 e. The zero-order chi connectivity index (χ0) is 16.4. The van der Waals surface area contributed by atoms with Gasteiger partial charge in [0, 0.05) is 36.2 Å². The van der Waals surface area contributed by atoms with Gasteiger partial charge in [0.25, 0.3) is 0 Å². The lowest BCUT2D eigenvalue weighted by Crippen LogP contribution is -2.31. The summed E-state index contributed by atoms with van der Waals surface area (Å²) >= 11 is 5.95. The maximum Gasteiger partial charge on any atom is 0.229 e. The molecular weight excluding hydrogens is 324 g/mol. The fraction of sp³-hybridized carbons (Fsp3) is 0.294. The molecule has 0 spiro atoms. The number of aromatic nitrogens is 4. The Balaban J connectivity index is 1.75. The van der Waals surface area contributed by atoms with Gasteiger partial charge in [-0.25, -0.2) is 9.97 Å². The van der Waals surface area contributed by atoms with Crippen LogP contribution in [0.5, 0.6) is 0 Å². The summed E-state index contributed by atoms with van der Waals surface area (Å²) in [5, 5.41) is 4.01. The molecule has 7 heteroatoms. The lowest BCUT2D eigenvalue weighted by molar-refractivity contribution is 0.569. The topological polar surface area (TPSA) is 66.8 Å². The number of hydrogen-bond acceptors (Lipinski definition) is 6. The number of benzene rings is 1. The second-order valence-electron chi connectivity index (χ2n) is 5.78. The van der Waals surface area contributed by atoms with Crippen LogP contribution in [-0.4, -0.2) is 33.0 Å². The molecule has 2 aromatic heterocycles. The average Bonchev–Trinajstić information content (AvgIpc) is 2.64. The third-order valence-electron chi connectivity index (χ3n) is 4.07. The van der Waals surface area contributed by atoms with E-state index < -0.39 is 0 Å². The number of fused-ring (bicyclic) bond motifs is 1. The zero-order valence-corrected chi connectivity index (χ0v) is 13.9. The molecule has 0 amide bonds. The maximum absolute atomic E-state index is 5.95. The number of rotatable bonds is 3. The van der Waals surface area contributed by atoms with Gasteiger partial charge in [0.15, 0.2) is 17.0 Å². The van der Waals surface area contributed by atoms with Crippen molar-refractivity contribution < 1.29 is 0 Å². The standard InChI is InChI=1S/C17H17ClN6/c18-12-4-6-13(7-5-12)21-16-14-15(20-9-8-19-14)22-17(23-16)24-10-2-1-3-11-24/h4-9H,1-3,10-11H2,(H,20,21,22,23). The van der Waals surface area contributed by atoms with Crippen molar-refractivity contribution >= 4 is 40.2 Å². The van der Waals surface area contributed by atoms with Crippen molar-refractivity contribution in [3.05, 3.63) is 41.7 Å². The van der Waals surface area contributed by atoms with E-state index in [1.165, 1.54) is 19.3 Å². The van der Waals surface area contributed by atoms with E-state index in [9.17, 15) is 0 Å². The van der Waals surface area contributed by atoms with Crippen molar-refractivity contribution in [2.75, 3.05) is 23.3 Å². The molecule has 0 unspecified atom stereocenters. The molecule has 6 nitrogen and oxygen atoms in total. The van der Waals surface area contributed by atoms with E-state index in [0.717, 1.165) is 18.8 Å². The Morgan fingerprint density at radius 2 is 1.67 bits per heavy atom. The average molecular weight is 341 g/mol. The highest BCUT2D eigenvalue weighted by atomic mass is 35.5. The first-order chi connectivity index (χ1) is 11.8. The van der Waals surface area contributed by atoms with Crippen molar-refractivity contribution in [1.82, 2.24) is 19.9 Å². The van der Waals surface area contributed by atoms with E-state index in [2.05, 4.69) is 25.2 Å². The fourth-order valence-electron chi connectivity index (χ4n) is 2.84. The van der Waals surface area contributed by atoms with Crippen LogP contribution in [0.4, 0.5) is 17.5 Å².